The first kappa shape index (κ1) is 21.4. The first-order chi connectivity index (χ1) is 11.0. The summed E-state index contributed by atoms with van der Waals surface area (Å²) in [5, 5.41) is 0. The van der Waals surface area contributed by atoms with Gasteiger partial charge in [0.2, 0.25) is 0 Å². The van der Waals surface area contributed by atoms with Gasteiger partial charge in [-0.2, -0.15) is 0 Å². The predicted octanol–water partition coefficient (Wildman–Crippen LogP) is 3.81. The van der Waals surface area contributed by atoms with Gasteiger partial charge in [-0.25, -0.2) is 9.79 Å². The van der Waals surface area contributed by atoms with E-state index in [-0.39, 0.29) is 17.6 Å². The first-order valence-electron chi connectivity index (χ1n) is 7.90. The van der Waals surface area contributed by atoms with Crippen molar-refractivity contribution < 1.29 is 14.3 Å². The van der Waals surface area contributed by atoms with Crippen LogP contribution >= 0.6 is 11.9 Å². The summed E-state index contributed by atoms with van der Waals surface area (Å²) in [7, 11) is 0. The molecule has 0 saturated carbocycles. The molecule has 0 aliphatic heterocycles. The Morgan fingerprint density at radius 3 is 2.57 bits per heavy atom. The van der Waals surface area contributed by atoms with E-state index in [1.165, 1.54) is 18.0 Å². The Hall–Kier alpha value is -1.56. The Morgan fingerprint density at radius 1 is 1.35 bits per heavy atom. The zero-order valence-corrected chi connectivity index (χ0v) is 15.4. The van der Waals surface area contributed by atoms with Crippen molar-refractivity contribution in [2.24, 2.45) is 4.99 Å². The van der Waals surface area contributed by atoms with Crippen molar-refractivity contribution in [3.8, 4) is 0 Å². The van der Waals surface area contributed by atoms with Crippen LogP contribution in [0.4, 0.5) is 0 Å². The highest BCUT2D eigenvalue weighted by atomic mass is 32.2. The zero-order valence-electron chi connectivity index (χ0n) is 14.6. The number of nitrogens with zero attached hydrogens (tertiary/aromatic N) is 1. The summed E-state index contributed by atoms with van der Waals surface area (Å²) in [5.74, 6) is -0.605. The Morgan fingerprint density at radius 2 is 2.04 bits per heavy atom. The predicted molar refractivity (Wildman–Crippen MR) is 97.4 cm³/mol. The smallest absolute Gasteiger partial charge is 0.345 e. The van der Waals surface area contributed by atoms with Crippen LogP contribution < -0.4 is 4.72 Å². The minimum atomic E-state index is -0.605. The number of nitrogens with one attached hydrogen (secondary N) is 1. The van der Waals surface area contributed by atoms with Crippen LogP contribution in [-0.2, 0) is 14.3 Å². The monoisotopic (exact) mass is 340 g/mol. The Labute approximate surface area is 143 Å². The van der Waals surface area contributed by atoms with Crippen LogP contribution in [0.1, 0.15) is 52.9 Å². The maximum Gasteiger partial charge on any atom is 0.345 e. The molecule has 5 nitrogen and oxygen atoms in total. The van der Waals surface area contributed by atoms with E-state index in [0.717, 1.165) is 32.1 Å². The number of carbonyl (C=O) groups is 2. The maximum atomic E-state index is 12.1. The second kappa shape index (κ2) is 12.9. The number of unbranched alkanes of at least 4 members (excludes halogenated alkanes) is 1. The number of ether oxygens (including phenoxy) is 1. The molecule has 23 heavy (non-hydrogen) atoms. The molecule has 0 aromatic rings. The molecule has 1 unspecified atom stereocenters. The third-order valence-corrected chi connectivity index (χ3v) is 3.61. The number of esters is 1. The third-order valence-electron chi connectivity index (χ3n) is 3.23. The topological polar surface area (TPSA) is 67.8 Å². The van der Waals surface area contributed by atoms with Gasteiger partial charge >= 0.3 is 12.0 Å². The molecule has 0 rings (SSSR count). The lowest BCUT2D eigenvalue weighted by Crippen LogP contribution is -2.26. The molecule has 0 heterocycles. The van der Waals surface area contributed by atoms with Gasteiger partial charge in [0.15, 0.2) is 0 Å². The van der Waals surface area contributed by atoms with Crippen molar-refractivity contribution in [1.29, 1.82) is 0 Å². The van der Waals surface area contributed by atoms with Crippen LogP contribution in [0.2, 0.25) is 0 Å². The molecule has 0 bridgehead atoms. The molecule has 6 heteroatoms. The summed E-state index contributed by atoms with van der Waals surface area (Å²) in [5.41, 5.74) is 0.623. The third kappa shape index (κ3) is 9.23. The van der Waals surface area contributed by atoms with Gasteiger partial charge in [0, 0.05) is 6.26 Å². The molecule has 0 aliphatic carbocycles. The fraction of sp³-hybridized carbons (Fsp3) is 0.588. The number of rotatable bonds is 10. The molecule has 0 radical (unpaired) electrons. The van der Waals surface area contributed by atoms with Gasteiger partial charge in [0.25, 0.3) is 0 Å². The minimum Gasteiger partial charge on any atom is -0.388 e. The number of amidine groups is 1. The van der Waals surface area contributed by atoms with Crippen LogP contribution in [0.25, 0.3) is 0 Å². The highest BCUT2D eigenvalue weighted by molar-refractivity contribution is 7.97. The van der Waals surface area contributed by atoms with E-state index in [2.05, 4.69) is 30.1 Å². The molecular weight excluding hydrogens is 312 g/mol. The van der Waals surface area contributed by atoms with Crippen LogP contribution in [0, 0.1) is 0 Å². The van der Waals surface area contributed by atoms with Crippen LogP contribution in [-0.4, -0.2) is 30.6 Å². The van der Waals surface area contributed by atoms with E-state index in [4.69, 9.17) is 4.74 Å². The van der Waals surface area contributed by atoms with Gasteiger partial charge in [0.1, 0.15) is 6.29 Å². The van der Waals surface area contributed by atoms with Crippen LogP contribution in [0.5, 0.6) is 0 Å². The zero-order chi connectivity index (χ0) is 17.7. The standard InChI is InChI=1S/C17H28N2O3S/c1-6-8-10-15(9-7-2)18-17(19-23-5)22-16(21)14(4)13(3)11-12-20/h11-12,15H,4,6-10H2,1-3,5H3,(H,18,19)/b13-11+. The van der Waals surface area contributed by atoms with Gasteiger partial charge < -0.3 is 4.74 Å². The van der Waals surface area contributed by atoms with E-state index >= 15 is 0 Å². The largest absolute Gasteiger partial charge is 0.388 e. The number of carbonyl (C=O) groups excluding carboxylic acids is 2. The summed E-state index contributed by atoms with van der Waals surface area (Å²) >= 11 is 1.31. The van der Waals surface area contributed by atoms with E-state index in [9.17, 15) is 9.59 Å². The average molecular weight is 340 g/mol. The summed E-state index contributed by atoms with van der Waals surface area (Å²) in [6, 6.07) is 0.319. The Balaban J connectivity index is 5.03. The van der Waals surface area contributed by atoms with E-state index < -0.39 is 5.97 Å². The molecule has 1 N–H and O–H groups in total. The van der Waals surface area contributed by atoms with Crippen molar-refractivity contribution in [3.05, 3.63) is 23.8 Å². The van der Waals surface area contributed by atoms with Crippen molar-refractivity contribution >= 4 is 30.2 Å². The highest BCUT2D eigenvalue weighted by Gasteiger charge is 2.16. The summed E-state index contributed by atoms with van der Waals surface area (Å²) in [4.78, 5) is 27.1. The van der Waals surface area contributed by atoms with E-state index in [0.29, 0.717) is 11.9 Å². The molecule has 0 aromatic heterocycles. The summed E-state index contributed by atoms with van der Waals surface area (Å²) in [6.07, 6.45) is 8.85. The summed E-state index contributed by atoms with van der Waals surface area (Å²) in [6.45, 7) is 9.54. The van der Waals surface area contributed by atoms with Crippen LogP contribution in [0.15, 0.2) is 28.8 Å². The Bertz CT molecular complexity index is 459. The van der Waals surface area contributed by atoms with Gasteiger partial charge in [-0.15, -0.1) is 0 Å². The van der Waals surface area contributed by atoms with Gasteiger partial charge in [-0.05, 0) is 31.4 Å². The van der Waals surface area contributed by atoms with E-state index in [1.807, 2.05) is 6.26 Å². The second-order valence-corrected chi connectivity index (χ2v) is 5.79. The number of hydrogen-bond donors (Lipinski definition) is 1. The molecular formula is C17H28N2O3S. The molecule has 0 aromatic carbocycles. The number of aliphatic imine (C=N–C) groups is 1. The van der Waals surface area contributed by atoms with Crippen molar-refractivity contribution in [3.63, 3.8) is 0 Å². The second-order valence-electron chi connectivity index (χ2n) is 5.18. The Kier molecular flexibility index (Phi) is 12.1. The molecule has 0 saturated heterocycles. The SMILES string of the molecule is C=C(C(=O)OC(=NC(CCC)CCCC)NSC)/C(C)=C/C=O. The van der Waals surface area contributed by atoms with E-state index in [1.54, 1.807) is 6.92 Å². The quantitative estimate of drug-likeness (QED) is 0.125. The van der Waals surface area contributed by atoms with Crippen molar-refractivity contribution in [2.75, 3.05) is 6.26 Å². The number of hydrogen-bond acceptors (Lipinski definition) is 5. The molecule has 1 atom stereocenters. The van der Waals surface area contributed by atoms with Gasteiger partial charge in [-0.1, -0.05) is 51.6 Å². The average Bonchev–Trinajstić information content (AvgIpc) is 2.52. The molecule has 0 fully saturated rings. The number of aldehydes is 1. The van der Waals surface area contributed by atoms with Crippen molar-refractivity contribution in [2.45, 2.75) is 58.9 Å². The maximum absolute atomic E-state index is 12.1. The lowest BCUT2D eigenvalue weighted by atomic mass is 10.1. The normalized spacial score (nSPS) is 13.4. The molecule has 0 aliphatic rings. The highest BCUT2D eigenvalue weighted by Crippen LogP contribution is 2.13. The van der Waals surface area contributed by atoms with Crippen LogP contribution in [0.3, 0.4) is 0 Å². The molecule has 0 amide bonds. The fourth-order valence-corrected chi connectivity index (χ4v) is 2.16. The molecule has 130 valence electrons. The van der Waals surface area contributed by atoms with Gasteiger partial charge in [0.05, 0.1) is 11.6 Å². The lowest BCUT2D eigenvalue weighted by Gasteiger charge is -2.15. The summed E-state index contributed by atoms with van der Waals surface area (Å²) < 4.78 is 8.20. The van der Waals surface area contributed by atoms with Crippen molar-refractivity contribution in [1.82, 2.24) is 4.72 Å². The number of allylic oxidation sites excluding steroid dienone is 1. The molecule has 0 spiro atoms. The minimum absolute atomic E-state index is 0.127. The first-order valence-corrected chi connectivity index (χ1v) is 9.12. The lowest BCUT2D eigenvalue weighted by molar-refractivity contribution is -0.131. The fourth-order valence-electron chi connectivity index (χ4n) is 1.89. The van der Waals surface area contributed by atoms with Gasteiger partial charge in [-0.3, -0.25) is 9.52 Å².